The SMILES string of the molecule is COc1ccccc1C1CNCCN1C(=O)c1ccc(NC(N)=O)cc1. The van der Waals surface area contributed by atoms with Gasteiger partial charge in [-0.3, -0.25) is 4.79 Å². The summed E-state index contributed by atoms with van der Waals surface area (Å²) in [5, 5.41) is 5.83. The lowest BCUT2D eigenvalue weighted by Crippen LogP contribution is -2.48. The largest absolute Gasteiger partial charge is 0.496 e. The maximum absolute atomic E-state index is 13.1. The molecule has 2 aromatic rings. The van der Waals surface area contributed by atoms with Gasteiger partial charge in [0.1, 0.15) is 5.75 Å². The number of methoxy groups -OCH3 is 1. The van der Waals surface area contributed by atoms with Crippen molar-refractivity contribution in [3.05, 3.63) is 59.7 Å². The molecule has 0 aromatic heterocycles. The summed E-state index contributed by atoms with van der Waals surface area (Å²) in [5.74, 6) is 0.702. The van der Waals surface area contributed by atoms with Crippen molar-refractivity contribution in [2.75, 3.05) is 32.1 Å². The van der Waals surface area contributed by atoms with Gasteiger partial charge < -0.3 is 26.0 Å². The van der Waals surface area contributed by atoms with Gasteiger partial charge in [0.2, 0.25) is 0 Å². The molecule has 0 saturated carbocycles. The first-order valence-corrected chi connectivity index (χ1v) is 8.41. The van der Waals surface area contributed by atoms with Crippen LogP contribution in [-0.4, -0.2) is 43.6 Å². The smallest absolute Gasteiger partial charge is 0.316 e. The van der Waals surface area contributed by atoms with Gasteiger partial charge in [-0.2, -0.15) is 0 Å². The number of rotatable bonds is 4. The maximum atomic E-state index is 13.1. The van der Waals surface area contributed by atoms with Crippen LogP contribution in [-0.2, 0) is 0 Å². The first-order valence-electron chi connectivity index (χ1n) is 8.41. The van der Waals surface area contributed by atoms with Crippen LogP contribution in [0.15, 0.2) is 48.5 Å². The number of nitrogens with zero attached hydrogens (tertiary/aromatic N) is 1. The number of hydrogen-bond acceptors (Lipinski definition) is 4. The topological polar surface area (TPSA) is 96.7 Å². The van der Waals surface area contributed by atoms with Crippen LogP contribution in [0.4, 0.5) is 10.5 Å². The lowest BCUT2D eigenvalue weighted by atomic mass is 10.0. The molecule has 3 amide bonds. The van der Waals surface area contributed by atoms with Crippen LogP contribution in [0.5, 0.6) is 5.75 Å². The third-order valence-electron chi connectivity index (χ3n) is 4.40. The number of nitrogens with one attached hydrogen (secondary N) is 2. The number of carbonyl (C=O) groups is 2. The molecule has 1 atom stereocenters. The number of urea groups is 1. The van der Waals surface area contributed by atoms with Gasteiger partial charge in [-0.15, -0.1) is 0 Å². The Kier molecular flexibility index (Phi) is 5.38. The number of piperazine rings is 1. The zero-order valence-corrected chi connectivity index (χ0v) is 14.6. The van der Waals surface area contributed by atoms with Crippen molar-refractivity contribution in [1.82, 2.24) is 10.2 Å². The van der Waals surface area contributed by atoms with Gasteiger partial charge >= 0.3 is 6.03 Å². The van der Waals surface area contributed by atoms with Crippen molar-refractivity contribution < 1.29 is 14.3 Å². The van der Waals surface area contributed by atoms with Gasteiger partial charge in [-0.1, -0.05) is 18.2 Å². The standard InChI is InChI=1S/C19H22N4O3/c1-26-17-5-3-2-4-15(17)16-12-21-10-11-23(16)18(24)13-6-8-14(9-7-13)22-19(20)25/h2-9,16,21H,10-12H2,1H3,(H3,20,22,25). The Balaban J connectivity index is 1.85. The van der Waals surface area contributed by atoms with E-state index in [0.717, 1.165) is 17.9 Å². The molecule has 1 fully saturated rings. The summed E-state index contributed by atoms with van der Waals surface area (Å²) >= 11 is 0. The summed E-state index contributed by atoms with van der Waals surface area (Å²) < 4.78 is 5.47. The van der Waals surface area contributed by atoms with Gasteiger partial charge in [-0.05, 0) is 30.3 Å². The van der Waals surface area contributed by atoms with Crippen LogP contribution in [0.1, 0.15) is 22.0 Å². The Bertz CT molecular complexity index is 792. The average molecular weight is 354 g/mol. The molecular formula is C19H22N4O3. The molecule has 1 saturated heterocycles. The van der Waals surface area contributed by atoms with Crippen molar-refractivity contribution in [2.24, 2.45) is 5.73 Å². The average Bonchev–Trinajstić information content (AvgIpc) is 2.67. The third-order valence-corrected chi connectivity index (χ3v) is 4.40. The predicted octanol–water partition coefficient (Wildman–Crippen LogP) is 1.97. The van der Waals surface area contributed by atoms with Crippen LogP contribution < -0.4 is 21.1 Å². The Morgan fingerprint density at radius 3 is 2.62 bits per heavy atom. The highest BCUT2D eigenvalue weighted by Crippen LogP contribution is 2.31. The number of carbonyl (C=O) groups excluding carboxylic acids is 2. The second-order valence-electron chi connectivity index (χ2n) is 6.03. The first kappa shape index (κ1) is 17.8. The van der Waals surface area contributed by atoms with Crippen molar-refractivity contribution in [2.45, 2.75) is 6.04 Å². The number of primary amides is 1. The van der Waals surface area contributed by atoms with E-state index < -0.39 is 6.03 Å². The molecule has 1 aliphatic heterocycles. The molecule has 7 heteroatoms. The van der Waals surface area contributed by atoms with E-state index in [-0.39, 0.29) is 11.9 Å². The van der Waals surface area contributed by atoms with E-state index in [2.05, 4.69) is 10.6 Å². The minimum absolute atomic E-state index is 0.0620. The van der Waals surface area contributed by atoms with E-state index in [1.54, 1.807) is 31.4 Å². The van der Waals surface area contributed by atoms with Crippen LogP contribution >= 0.6 is 0 Å². The number of hydrogen-bond donors (Lipinski definition) is 3. The highest BCUT2D eigenvalue weighted by atomic mass is 16.5. The quantitative estimate of drug-likeness (QED) is 0.782. The first-order chi connectivity index (χ1) is 12.6. The normalized spacial score (nSPS) is 16.8. The molecule has 136 valence electrons. The van der Waals surface area contributed by atoms with Gasteiger partial charge in [0, 0.05) is 36.4 Å². The zero-order valence-electron chi connectivity index (χ0n) is 14.6. The monoisotopic (exact) mass is 354 g/mol. The molecule has 1 unspecified atom stereocenters. The number of ether oxygens (including phenoxy) is 1. The van der Waals surface area contributed by atoms with E-state index in [9.17, 15) is 9.59 Å². The van der Waals surface area contributed by atoms with Gasteiger partial charge in [0.15, 0.2) is 0 Å². The Morgan fingerprint density at radius 2 is 1.92 bits per heavy atom. The number of amides is 3. The lowest BCUT2D eigenvalue weighted by molar-refractivity contribution is 0.0631. The summed E-state index contributed by atoms with van der Waals surface area (Å²) in [6.45, 7) is 2.00. The predicted molar refractivity (Wildman–Crippen MR) is 99.3 cm³/mol. The van der Waals surface area contributed by atoms with E-state index in [0.29, 0.717) is 24.3 Å². The van der Waals surface area contributed by atoms with Gasteiger partial charge in [-0.25, -0.2) is 4.79 Å². The van der Waals surface area contributed by atoms with Crippen molar-refractivity contribution in [1.29, 1.82) is 0 Å². The molecule has 0 aliphatic carbocycles. The second-order valence-corrected chi connectivity index (χ2v) is 6.03. The van der Waals surface area contributed by atoms with E-state index >= 15 is 0 Å². The molecule has 1 heterocycles. The number of nitrogens with two attached hydrogens (primary N) is 1. The van der Waals surface area contributed by atoms with Crippen molar-refractivity contribution in [3.8, 4) is 5.75 Å². The highest BCUT2D eigenvalue weighted by Gasteiger charge is 2.30. The number of anilines is 1. The van der Waals surface area contributed by atoms with Gasteiger partial charge in [0.25, 0.3) is 5.91 Å². The number of para-hydroxylation sites is 1. The fourth-order valence-electron chi connectivity index (χ4n) is 3.17. The highest BCUT2D eigenvalue weighted by molar-refractivity contribution is 5.95. The van der Waals surface area contributed by atoms with Crippen molar-refractivity contribution in [3.63, 3.8) is 0 Å². The maximum Gasteiger partial charge on any atom is 0.316 e. The van der Waals surface area contributed by atoms with Gasteiger partial charge in [0.05, 0.1) is 13.2 Å². The Hall–Kier alpha value is -3.06. The van der Waals surface area contributed by atoms with E-state index in [1.165, 1.54) is 0 Å². The number of benzene rings is 2. The van der Waals surface area contributed by atoms with E-state index in [1.807, 2.05) is 29.2 Å². The second kappa shape index (κ2) is 7.88. The molecule has 0 bridgehead atoms. The molecule has 3 rings (SSSR count). The fraction of sp³-hybridized carbons (Fsp3) is 0.263. The van der Waals surface area contributed by atoms with Crippen LogP contribution in [0.2, 0.25) is 0 Å². The summed E-state index contributed by atoms with van der Waals surface area (Å²) in [7, 11) is 1.63. The lowest BCUT2D eigenvalue weighted by Gasteiger charge is -2.37. The molecule has 4 N–H and O–H groups in total. The molecule has 7 nitrogen and oxygen atoms in total. The summed E-state index contributed by atoms with van der Waals surface area (Å²) in [5.41, 5.74) is 7.19. The van der Waals surface area contributed by atoms with Crippen LogP contribution in [0.3, 0.4) is 0 Å². The van der Waals surface area contributed by atoms with Crippen molar-refractivity contribution >= 4 is 17.6 Å². The molecule has 26 heavy (non-hydrogen) atoms. The molecule has 0 radical (unpaired) electrons. The van der Waals surface area contributed by atoms with E-state index in [4.69, 9.17) is 10.5 Å². The Morgan fingerprint density at radius 1 is 1.19 bits per heavy atom. The Labute approximate surface area is 152 Å². The third kappa shape index (κ3) is 3.78. The van der Waals surface area contributed by atoms with Crippen LogP contribution in [0, 0.1) is 0 Å². The van der Waals surface area contributed by atoms with Crippen LogP contribution in [0.25, 0.3) is 0 Å². The molecule has 1 aliphatic rings. The minimum atomic E-state index is -0.637. The molecular weight excluding hydrogens is 332 g/mol. The molecule has 2 aromatic carbocycles. The zero-order chi connectivity index (χ0) is 18.5. The molecule has 0 spiro atoms. The summed E-state index contributed by atoms with van der Waals surface area (Å²) in [4.78, 5) is 25.8. The summed E-state index contributed by atoms with van der Waals surface area (Å²) in [6, 6.07) is 13.7. The fourth-order valence-corrected chi connectivity index (χ4v) is 3.17. The summed E-state index contributed by atoms with van der Waals surface area (Å²) in [6.07, 6.45) is 0. The minimum Gasteiger partial charge on any atom is -0.496 e.